The van der Waals surface area contributed by atoms with Gasteiger partial charge in [-0.3, -0.25) is 0 Å². The molecule has 0 aliphatic rings. The average molecular weight is 324 g/mol. The molecule has 2 aromatic heterocycles. The summed E-state index contributed by atoms with van der Waals surface area (Å²) in [4.78, 5) is 19.9. The molecule has 114 valence electrons. The van der Waals surface area contributed by atoms with E-state index in [1.165, 1.54) is 25.8 Å². The van der Waals surface area contributed by atoms with Crippen molar-refractivity contribution in [2.75, 3.05) is 7.11 Å². The van der Waals surface area contributed by atoms with E-state index < -0.39 is 11.8 Å². The smallest absolute Gasteiger partial charge is 0.338 e. The fraction of sp³-hybridized carbons (Fsp3) is 0.214. The van der Waals surface area contributed by atoms with Crippen LogP contribution in [0.5, 0.6) is 0 Å². The molecule has 0 saturated heterocycles. The molecular weight excluding hydrogens is 313 g/mol. The van der Waals surface area contributed by atoms with Crippen molar-refractivity contribution < 1.29 is 18.3 Å². The number of ether oxygens (including phenoxy) is 1. The van der Waals surface area contributed by atoms with Gasteiger partial charge in [0.15, 0.2) is 12.2 Å². The molecule has 1 aromatic carbocycles. The Morgan fingerprint density at radius 1 is 1.50 bits per heavy atom. The van der Waals surface area contributed by atoms with Crippen molar-refractivity contribution in [1.82, 2.24) is 14.5 Å². The fourth-order valence-electron chi connectivity index (χ4n) is 2.22. The fourth-order valence-corrected chi connectivity index (χ4v) is 2.43. The van der Waals surface area contributed by atoms with E-state index in [2.05, 4.69) is 14.7 Å². The van der Waals surface area contributed by atoms with E-state index in [0.29, 0.717) is 23.6 Å². The quantitative estimate of drug-likeness (QED) is 0.545. The molecule has 0 fully saturated rings. The molecule has 0 unspecified atom stereocenters. The SMILES string of the molecule is COC(=O)c1cc(F)c2nc(CCl)n(Cc3cocn3)c2c1. The molecule has 0 amide bonds. The van der Waals surface area contributed by atoms with Gasteiger partial charge in [-0.25, -0.2) is 19.2 Å². The molecule has 3 rings (SSSR count). The molecule has 0 N–H and O–H groups in total. The molecule has 6 nitrogen and oxygen atoms in total. The highest BCUT2D eigenvalue weighted by atomic mass is 35.5. The number of esters is 1. The Bertz CT molecular complexity index is 830. The molecule has 0 spiro atoms. The molecule has 0 saturated carbocycles. The molecule has 8 heteroatoms. The third-order valence-electron chi connectivity index (χ3n) is 3.23. The summed E-state index contributed by atoms with van der Waals surface area (Å²) >= 11 is 5.88. The Kier molecular flexibility index (Phi) is 3.81. The lowest BCUT2D eigenvalue weighted by Crippen LogP contribution is -2.06. The highest BCUT2D eigenvalue weighted by molar-refractivity contribution is 6.16. The van der Waals surface area contributed by atoms with Crippen LogP contribution in [0, 0.1) is 5.82 Å². The van der Waals surface area contributed by atoms with E-state index in [1.54, 1.807) is 4.57 Å². The number of halogens is 2. The average Bonchev–Trinajstić information content (AvgIpc) is 3.15. The number of methoxy groups -OCH3 is 1. The van der Waals surface area contributed by atoms with E-state index in [4.69, 9.17) is 16.0 Å². The number of imidazole rings is 1. The molecule has 0 bridgehead atoms. The third-order valence-corrected chi connectivity index (χ3v) is 3.47. The van der Waals surface area contributed by atoms with Crippen LogP contribution in [0.4, 0.5) is 4.39 Å². The number of benzene rings is 1. The van der Waals surface area contributed by atoms with Gasteiger partial charge in [0.2, 0.25) is 0 Å². The molecule has 0 aliphatic heterocycles. The molecule has 0 atom stereocenters. The molecule has 0 aliphatic carbocycles. The van der Waals surface area contributed by atoms with Gasteiger partial charge in [-0.2, -0.15) is 0 Å². The lowest BCUT2D eigenvalue weighted by Gasteiger charge is -2.06. The van der Waals surface area contributed by atoms with Gasteiger partial charge in [-0.1, -0.05) is 0 Å². The maximum atomic E-state index is 14.2. The van der Waals surface area contributed by atoms with Gasteiger partial charge in [-0.15, -0.1) is 11.6 Å². The van der Waals surface area contributed by atoms with Crippen LogP contribution in [-0.2, 0) is 17.2 Å². The lowest BCUT2D eigenvalue weighted by atomic mass is 10.2. The van der Waals surface area contributed by atoms with E-state index in [1.807, 2.05) is 0 Å². The van der Waals surface area contributed by atoms with Crippen molar-refractivity contribution in [3.63, 3.8) is 0 Å². The Labute approximate surface area is 129 Å². The second-order valence-electron chi connectivity index (χ2n) is 4.54. The van der Waals surface area contributed by atoms with E-state index >= 15 is 0 Å². The van der Waals surface area contributed by atoms with Gasteiger partial charge in [0.1, 0.15) is 17.6 Å². The zero-order valence-corrected chi connectivity index (χ0v) is 12.3. The molecule has 3 aromatic rings. The summed E-state index contributed by atoms with van der Waals surface area (Å²) in [6.07, 6.45) is 2.78. The first-order valence-electron chi connectivity index (χ1n) is 6.34. The molecule has 22 heavy (non-hydrogen) atoms. The van der Waals surface area contributed by atoms with Crippen molar-refractivity contribution in [2.24, 2.45) is 0 Å². The number of hydrogen-bond acceptors (Lipinski definition) is 5. The number of hydrogen-bond donors (Lipinski definition) is 0. The second kappa shape index (κ2) is 5.76. The molecule has 2 heterocycles. The van der Waals surface area contributed by atoms with Crippen LogP contribution < -0.4 is 0 Å². The van der Waals surface area contributed by atoms with Crippen molar-refractivity contribution in [1.29, 1.82) is 0 Å². The third kappa shape index (κ3) is 2.43. The first-order valence-corrected chi connectivity index (χ1v) is 6.87. The second-order valence-corrected chi connectivity index (χ2v) is 4.81. The van der Waals surface area contributed by atoms with E-state index in [9.17, 15) is 9.18 Å². The van der Waals surface area contributed by atoms with Crippen LogP contribution in [0.1, 0.15) is 21.9 Å². The number of fused-ring (bicyclic) bond motifs is 1. The van der Waals surface area contributed by atoms with Crippen molar-refractivity contribution in [3.8, 4) is 0 Å². The number of oxazole rings is 1. The minimum Gasteiger partial charge on any atom is -0.465 e. The zero-order chi connectivity index (χ0) is 15.7. The summed E-state index contributed by atoms with van der Waals surface area (Å²) in [6.45, 7) is 0.305. The van der Waals surface area contributed by atoms with Crippen LogP contribution in [0.3, 0.4) is 0 Å². The van der Waals surface area contributed by atoms with Gasteiger partial charge < -0.3 is 13.7 Å². The van der Waals surface area contributed by atoms with Gasteiger partial charge in [0, 0.05) is 0 Å². The van der Waals surface area contributed by atoms with Crippen molar-refractivity contribution in [3.05, 3.63) is 47.7 Å². The normalized spacial score (nSPS) is 11.0. The van der Waals surface area contributed by atoms with Crippen LogP contribution in [-0.4, -0.2) is 27.6 Å². The summed E-state index contributed by atoms with van der Waals surface area (Å²) in [7, 11) is 1.24. The van der Waals surface area contributed by atoms with Gasteiger partial charge >= 0.3 is 5.97 Å². The minimum absolute atomic E-state index is 0.0968. The van der Waals surface area contributed by atoms with Gasteiger partial charge in [0.05, 0.1) is 36.3 Å². The van der Waals surface area contributed by atoms with Gasteiger partial charge in [-0.05, 0) is 12.1 Å². The Hall–Kier alpha value is -2.41. The zero-order valence-electron chi connectivity index (χ0n) is 11.5. The predicted molar refractivity (Wildman–Crippen MR) is 76.2 cm³/mol. The predicted octanol–water partition coefficient (Wildman–Crippen LogP) is 2.74. The highest BCUT2D eigenvalue weighted by Crippen LogP contribution is 2.24. The van der Waals surface area contributed by atoms with Crippen LogP contribution in [0.2, 0.25) is 0 Å². The minimum atomic E-state index is -0.623. The van der Waals surface area contributed by atoms with Crippen LogP contribution in [0.25, 0.3) is 11.0 Å². The monoisotopic (exact) mass is 323 g/mol. The highest BCUT2D eigenvalue weighted by Gasteiger charge is 2.18. The van der Waals surface area contributed by atoms with E-state index in [-0.39, 0.29) is 17.0 Å². The Morgan fingerprint density at radius 2 is 2.32 bits per heavy atom. The lowest BCUT2D eigenvalue weighted by molar-refractivity contribution is 0.0600. The number of rotatable bonds is 4. The topological polar surface area (TPSA) is 70.2 Å². The van der Waals surface area contributed by atoms with Crippen LogP contribution in [0.15, 0.2) is 29.2 Å². The maximum Gasteiger partial charge on any atom is 0.338 e. The number of alkyl halides is 1. The van der Waals surface area contributed by atoms with Gasteiger partial charge in [0.25, 0.3) is 0 Å². The number of carbonyl (C=O) groups is 1. The van der Waals surface area contributed by atoms with Crippen molar-refractivity contribution >= 4 is 28.6 Å². The van der Waals surface area contributed by atoms with Crippen molar-refractivity contribution in [2.45, 2.75) is 12.4 Å². The summed E-state index contributed by atoms with van der Waals surface area (Å²) in [6, 6.07) is 2.62. The summed E-state index contributed by atoms with van der Waals surface area (Å²) in [5.41, 5.74) is 1.33. The number of carbonyl (C=O) groups excluding carboxylic acids is 1. The number of nitrogens with zero attached hydrogens (tertiary/aromatic N) is 3. The first kappa shape index (κ1) is 14.5. The molecule has 0 radical (unpaired) electrons. The summed E-state index contributed by atoms with van der Waals surface area (Å²) in [5.74, 6) is -0.661. The molecular formula is C14H11ClFN3O3. The first-order chi connectivity index (χ1) is 10.6. The largest absolute Gasteiger partial charge is 0.465 e. The Morgan fingerprint density at radius 3 is 2.95 bits per heavy atom. The maximum absolute atomic E-state index is 14.2. The van der Waals surface area contributed by atoms with Crippen LogP contribution >= 0.6 is 11.6 Å². The Balaban J connectivity index is 2.19. The number of aromatic nitrogens is 3. The standard InChI is InChI=1S/C14H11ClFN3O3/c1-21-14(20)8-2-10(16)13-11(3-8)19(12(4-15)18-13)5-9-6-22-7-17-9/h2-3,6-7H,4-5H2,1H3. The summed E-state index contributed by atoms with van der Waals surface area (Å²) in [5, 5.41) is 0. The van der Waals surface area contributed by atoms with E-state index in [0.717, 1.165) is 6.07 Å². The summed E-state index contributed by atoms with van der Waals surface area (Å²) < 4.78 is 25.4.